The van der Waals surface area contributed by atoms with Gasteiger partial charge in [0, 0.05) is 5.41 Å². The average Bonchev–Trinajstić information content (AvgIpc) is 3.21. The van der Waals surface area contributed by atoms with E-state index in [0.29, 0.717) is 19.3 Å². The van der Waals surface area contributed by atoms with Crippen LogP contribution in [0.4, 0.5) is 0 Å². The molecule has 3 aliphatic heterocycles. The molecule has 8 aliphatic rings. The minimum Gasteiger partial charge on any atom is -0.481 e. The van der Waals surface area contributed by atoms with Gasteiger partial charge in [-0.1, -0.05) is 53.2 Å². The van der Waals surface area contributed by atoms with Crippen LogP contribution in [0, 0.1) is 50.2 Å². The highest BCUT2D eigenvalue weighted by molar-refractivity contribution is 5.76. The number of allylic oxidation sites excluding steroid dienone is 2. The lowest BCUT2D eigenvalue weighted by atomic mass is 9.33. The highest BCUT2D eigenvalue weighted by Crippen LogP contribution is 2.76. The lowest BCUT2D eigenvalue weighted by molar-refractivity contribution is -0.379. The number of carboxylic acids is 1. The zero-order valence-corrected chi connectivity index (χ0v) is 37.5. The van der Waals surface area contributed by atoms with Gasteiger partial charge in [0.15, 0.2) is 18.9 Å². The van der Waals surface area contributed by atoms with Gasteiger partial charge in [0.05, 0.1) is 37.4 Å². The Kier molecular flexibility index (Phi) is 12.5. The molecule has 0 radical (unpaired) electrons. The molecule has 354 valence electrons. The first-order chi connectivity index (χ1) is 29.0. The van der Waals surface area contributed by atoms with E-state index in [0.717, 1.165) is 44.9 Å². The van der Waals surface area contributed by atoms with Gasteiger partial charge in [-0.2, -0.15) is 0 Å². The summed E-state index contributed by atoms with van der Waals surface area (Å²) in [5.74, 6) is -0.342. The first-order valence-corrected chi connectivity index (χ1v) is 23.1. The summed E-state index contributed by atoms with van der Waals surface area (Å²) in [4.78, 5) is 13.1. The molecular weight excluding hydrogens is 808 g/mol. The summed E-state index contributed by atoms with van der Waals surface area (Å²) in [6.07, 6.45) is -9.19. The van der Waals surface area contributed by atoms with Crippen LogP contribution in [0.1, 0.15) is 113 Å². The standard InChI is InChI=1S/C46H74O16/c1-22-30(50)35(61-37-33(53)31(51)25(48)19-57-37)34(54)38(59-22)62-36-32(52)26(49)20-58-39(36)60-29-11-12-42(4)27(43(29,5)21-47)10-13-45(7)28(42)9-8-23-24-18-41(2,3)14-16-46(24,40(55)56)17-15-44(23,45)6/h8,22,24-39,47-54H,9-21H2,1-7H3,(H,55,56)/t22-,24-,25-,26-,27+,28+,29-,30-,31-,32-,33+,34+,35+,36+,37-,38-,39-,42-,43-,44+,45+,46-/m0/s1. The van der Waals surface area contributed by atoms with Crippen molar-refractivity contribution >= 4 is 5.97 Å². The van der Waals surface area contributed by atoms with Crippen LogP contribution in [0.15, 0.2) is 11.6 Å². The number of aliphatic carboxylic acids is 1. The molecule has 16 nitrogen and oxygen atoms in total. The van der Waals surface area contributed by atoms with Crippen LogP contribution in [-0.2, 0) is 33.2 Å². The number of aliphatic hydroxyl groups is 8. The summed E-state index contributed by atoms with van der Waals surface area (Å²) in [5, 5.41) is 97.4. The van der Waals surface area contributed by atoms with Crippen LogP contribution < -0.4 is 0 Å². The lowest BCUT2D eigenvalue weighted by Crippen LogP contribution is -2.67. The van der Waals surface area contributed by atoms with Crippen molar-refractivity contribution < 1.29 is 79.2 Å². The zero-order valence-electron chi connectivity index (χ0n) is 37.5. The fraction of sp³-hybridized carbons (Fsp3) is 0.935. The number of hydrogen-bond donors (Lipinski definition) is 9. The van der Waals surface area contributed by atoms with Gasteiger partial charge in [0.2, 0.25) is 0 Å². The summed E-state index contributed by atoms with van der Waals surface area (Å²) in [6, 6.07) is 0. The maximum Gasteiger partial charge on any atom is 0.310 e. The van der Waals surface area contributed by atoms with Gasteiger partial charge >= 0.3 is 5.97 Å². The van der Waals surface area contributed by atoms with E-state index >= 15 is 0 Å². The first-order valence-electron chi connectivity index (χ1n) is 23.1. The van der Waals surface area contributed by atoms with E-state index in [4.69, 9.17) is 28.4 Å². The van der Waals surface area contributed by atoms with Crippen molar-refractivity contribution in [2.75, 3.05) is 19.8 Å². The molecule has 0 amide bonds. The molecule has 0 aromatic heterocycles. The molecule has 8 rings (SSSR count). The third-order valence-electron chi connectivity index (χ3n) is 18.7. The maximum absolute atomic E-state index is 13.1. The number of hydrogen-bond acceptors (Lipinski definition) is 15. The Morgan fingerprint density at radius 3 is 2.03 bits per heavy atom. The number of rotatable bonds is 8. The minimum atomic E-state index is -1.73. The minimum absolute atomic E-state index is 0.00631. The van der Waals surface area contributed by atoms with E-state index in [1.807, 2.05) is 0 Å². The van der Waals surface area contributed by atoms with Crippen LogP contribution in [0.3, 0.4) is 0 Å². The first kappa shape index (κ1) is 47.2. The van der Waals surface area contributed by atoms with Crippen molar-refractivity contribution in [1.82, 2.24) is 0 Å². The van der Waals surface area contributed by atoms with E-state index in [2.05, 4.69) is 47.6 Å². The van der Waals surface area contributed by atoms with E-state index in [1.165, 1.54) is 12.5 Å². The molecule has 4 saturated carbocycles. The maximum atomic E-state index is 13.1. The summed E-state index contributed by atoms with van der Waals surface area (Å²) in [5.41, 5.74) is -0.519. The largest absolute Gasteiger partial charge is 0.481 e. The number of carboxylic acid groups (broad SMARTS) is 1. The molecule has 0 aromatic rings. The normalized spacial score (nSPS) is 55.1. The second kappa shape index (κ2) is 16.5. The van der Waals surface area contributed by atoms with Crippen LogP contribution in [0.25, 0.3) is 0 Å². The monoisotopic (exact) mass is 882 g/mol. The van der Waals surface area contributed by atoms with Crippen molar-refractivity contribution in [3.8, 4) is 0 Å². The summed E-state index contributed by atoms with van der Waals surface area (Å²) in [7, 11) is 0. The third-order valence-corrected chi connectivity index (χ3v) is 18.7. The average molecular weight is 883 g/mol. The summed E-state index contributed by atoms with van der Waals surface area (Å²) < 4.78 is 36.0. The molecule has 22 atom stereocenters. The van der Waals surface area contributed by atoms with Crippen molar-refractivity contribution in [2.45, 2.75) is 199 Å². The van der Waals surface area contributed by atoms with E-state index < -0.39 is 103 Å². The van der Waals surface area contributed by atoms with Crippen molar-refractivity contribution in [1.29, 1.82) is 0 Å². The van der Waals surface area contributed by atoms with Gasteiger partial charge in [0.1, 0.15) is 54.9 Å². The van der Waals surface area contributed by atoms with Crippen molar-refractivity contribution in [3.05, 3.63) is 11.6 Å². The molecule has 5 aliphatic carbocycles. The smallest absolute Gasteiger partial charge is 0.310 e. The number of aliphatic hydroxyl groups excluding tert-OH is 8. The van der Waals surface area contributed by atoms with Crippen LogP contribution >= 0.6 is 0 Å². The molecule has 0 bridgehead atoms. The third kappa shape index (κ3) is 7.19. The highest BCUT2D eigenvalue weighted by atomic mass is 16.8. The number of carbonyl (C=O) groups is 1. The van der Waals surface area contributed by atoms with Gasteiger partial charge in [-0.15, -0.1) is 0 Å². The Bertz CT molecular complexity index is 1690. The highest BCUT2D eigenvalue weighted by Gasteiger charge is 2.70. The Morgan fingerprint density at radius 1 is 0.710 bits per heavy atom. The molecule has 0 spiro atoms. The molecule has 7 fully saturated rings. The van der Waals surface area contributed by atoms with Crippen molar-refractivity contribution in [3.63, 3.8) is 0 Å². The van der Waals surface area contributed by atoms with Crippen LogP contribution in [0.2, 0.25) is 0 Å². The molecule has 9 N–H and O–H groups in total. The van der Waals surface area contributed by atoms with Crippen LogP contribution in [-0.4, -0.2) is 158 Å². The molecule has 0 aromatic carbocycles. The molecule has 62 heavy (non-hydrogen) atoms. The van der Waals surface area contributed by atoms with Crippen molar-refractivity contribution in [2.24, 2.45) is 50.2 Å². The van der Waals surface area contributed by atoms with E-state index in [1.54, 1.807) is 0 Å². The summed E-state index contributed by atoms with van der Waals surface area (Å²) in [6.45, 7) is 14.5. The fourth-order valence-corrected chi connectivity index (χ4v) is 14.5. The molecule has 3 saturated heterocycles. The molecule has 16 heteroatoms. The lowest BCUT2D eigenvalue weighted by Gasteiger charge is -2.71. The van der Waals surface area contributed by atoms with E-state index in [9.17, 15) is 50.8 Å². The molecule has 0 unspecified atom stereocenters. The second-order valence-corrected chi connectivity index (χ2v) is 22.4. The second-order valence-electron chi connectivity index (χ2n) is 22.4. The Hall–Kier alpha value is -1.35. The topological polar surface area (TPSA) is 255 Å². The summed E-state index contributed by atoms with van der Waals surface area (Å²) >= 11 is 0. The van der Waals surface area contributed by atoms with Gasteiger partial charge in [-0.25, -0.2) is 0 Å². The van der Waals surface area contributed by atoms with Gasteiger partial charge < -0.3 is 74.4 Å². The number of fused-ring (bicyclic) bond motifs is 7. The quantitative estimate of drug-likeness (QED) is 0.125. The predicted molar refractivity (Wildman–Crippen MR) is 219 cm³/mol. The van der Waals surface area contributed by atoms with Gasteiger partial charge in [0.25, 0.3) is 0 Å². The van der Waals surface area contributed by atoms with E-state index in [-0.39, 0.29) is 59.2 Å². The Balaban J connectivity index is 1.02. The Labute approximate surface area is 364 Å². The molecular formula is C46H74O16. The van der Waals surface area contributed by atoms with Gasteiger partial charge in [-0.05, 0) is 111 Å². The zero-order chi connectivity index (χ0) is 45.1. The van der Waals surface area contributed by atoms with Crippen LogP contribution in [0.5, 0.6) is 0 Å². The SMILES string of the molecule is C[C@@H]1O[C@@H](O[C@H]2[C@H](O[C@H]3CC[C@@]4(C)[C@@H](CC[C@]5(C)[C@@H]4CC=C4[C@@H]6CC(C)(C)CC[C@]6(C(=O)O)CC[C@]45C)[C@]3(C)CO)OC[C@H](O)[C@@H]2O)[C@H](O)[C@H](O[C@@H]2OC[C@H](O)[C@H](O)[C@H]2O)[C@H]1O. The molecule has 3 heterocycles. The Morgan fingerprint density at radius 2 is 1.35 bits per heavy atom. The number of ether oxygens (including phenoxy) is 6. The predicted octanol–water partition coefficient (Wildman–Crippen LogP) is 1.98. The fourth-order valence-electron chi connectivity index (χ4n) is 14.5. The van der Waals surface area contributed by atoms with Gasteiger partial charge in [-0.3, -0.25) is 4.79 Å².